The summed E-state index contributed by atoms with van der Waals surface area (Å²) in [5.74, 6) is -6.53. The van der Waals surface area contributed by atoms with E-state index in [1.807, 2.05) is 25.1 Å². The van der Waals surface area contributed by atoms with Crippen LogP contribution in [0.1, 0.15) is 42.0 Å². The molecule has 1 fully saturated rings. The number of ketones is 2. The zero-order valence-corrected chi connectivity index (χ0v) is 21.4. The average molecular weight is 533 g/mol. The summed E-state index contributed by atoms with van der Waals surface area (Å²) in [5, 5.41) is 48.1. The Kier molecular flexibility index (Phi) is 6.30. The number of oxime groups is 1. The molecule has 6 N–H and O–H groups in total. The minimum atomic E-state index is -2.59. The van der Waals surface area contributed by atoms with E-state index >= 15 is 0 Å². The normalized spacial score (nSPS) is 24.5. The third kappa shape index (κ3) is 3.82. The van der Waals surface area contributed by atoms with Gasteiger partial charge < -0.3 is 31.0 Å². The number of rotatable bonds is 5. The van der Waals surface area contributed by atoms with Crippen LogP contribution in [0.25, 0.3) is 16.9 Å². The van der Waals surface area contributed by atoms with E-state index in [0.717, 1.165) is 22.3 Å². The third-order valence-corrected chi connectivity index (χ3v) is 8.06. The van der Waals surface area contributed by atoms with Gasteiger partial charge in [0.1, 0.15) is 30.0 Å². The molecule has 0 bridgehead atoms. The molecule has 1 saturated carbocycles. The number of nitrogens with zero attached hydrogens (tertiary/aromatic N) is 1. The van der Waals surface area contributed by atoms with Crippen LogP contribution in [0.2, 0.25) is 0 Å². The van der Waals surface area contributed by atoms with E-state index in [-0.39, 0.29) is 36.1 Å². The van der Waals surface area contributed by atoms with Gasteiger partial charge in [-0.15, -0.1) is 0 Å². The fraction of sp³-hybridized carbons (Fsp3) is 0.310. The maximum atomic E-state index is 13.7. The Morgan fingerprint density at radius 3 is 2.56 bits per heavy atom. The maximum Gasteiger partial charge on any atom is 0.255 e. The van der Waals surface area contributed by atoms with Crippen molar-refractivity contribution in [1.82, 2.24) is 0 Å². The summed E-state index contributed by atoms with van der Waals surface area (Å²) in [7, 11) is 1.44. The van der Waals surface area contributed by atoms with Gasteiger partial charge in [0.2, 0.25) is 5.78 Å². The van der Waals surface area contributed by atoms with E-state index in [1.165, 1.54) is 13.2 Å². The van der Waals surface area contributed by atoms with Gasteiger partial charge in [0.25, 0.3) is 5.91 Å². The Bertz CT molecular complexity index is 1540. The molecule has 202 valence electrons. The molecular formula is C29H28N2O8. The van der Waals surface area contributed by atoms with Gasteiger partial charge in [0.05, 0.1) is 11.8 Å². The number of phenols is 1. The second kappa shape index (κ2) is 9.39. The minimum Gasteiger partial charge on any atom is -0.508 e. The van der Waals surface area contributed by atoms with E-state index in [2.05, 4.69) is 5.16 Å². The minimum absolute atomic E-state index is 0.0534. The fourth-order valence-electron chi connectivity index (χ4n) is 6.22. The molecule has 3 aliphatic carbocycles. The Hall–Kier alpha value is -4.44. The van der Waals surface area contributed by atoms with E-state index in [0.29, 0.717) is 12.0 Å². The number of nitrogens with two attached hydrogens (primary N) is 1. The molecule has 39 heavy (non-hydrogen) atoms. The Morgan fingerprint density at radius 1 is 1.15 bits per heavy atom. The van der Waals surface area contributed by atoms with Gasteiger partial charge in [-0.05, 0) is 65.1 Å². The quantitative estimate of drug-likeness (QED) is 0.221. The SMILES string of the molecule is CCc1ccc(/C=N/OC)cc1-c1ccc(O)c2c1C[C@H]1C[C@H]3CC(=O)C(C(N)=O)=C(O)[C@@]3(O)C(=O)C1=C2O. The molecule has 10 nitrogen and oxygen atoms in total. The van der Waals surface area contributed by atoms with Crippen molar-refractivity contribution < 1.29 is 39.6 Å². The number of hydrogen-bond donors (Lipinski definition) is 5. The molecule has 0 aliphatic heterocycles. The number of aryl methyl sites for hydroxylation is 1. The predicted molar refractivity (Wildman–Crippen MR) is 141 cm³/mol. The zero-order valence-electron chi connectivity index (χ0n) is 21.4. The topological polar surface area (TPSA) is 180 Å². The maximum absolute atomic E-state index is 13.7. The second-order valence-corrected chi connectivity index (χ2v) is 10.1. The summed E-state index contributed by atoms with van der Waals surface area (Å²) in [6, 6.07) is 8.94. The summed E-state index contributed by atoms with van der Waals surface area (Å²) < 4.78 is 0. The number of aromatic hydroxyl groups is 1. The first-order chi connectivity index (χ1) is 18.5. The number of primary amides is 1. The van der Waals surface area contributed by atoms with Crippen LogP contribution < -0.4 is 5.73 Å². The molecule has 0 unspecified atom stereocenters. The predicted octanol–water partition coefficient (Wildman–Crippen LogP) is 2.63. The zero-order chi connectivity index (χ0) is 28.2. The molecule has 10 heteroatoms. The third-order valence-electron chi connectivity index (χ3n) is 8.06. The molecule has 0 saturated heterocycles. The van der Waals surface area contributed by atoms with Gasteiger partial charge in [-0.2, -0.15) is 0 Å². The molecule has 2 aromatic carbocycles. The Balaban J connectivity index is 1.70. The van der Waals surface area contributed by atoms with E-state index in [4.69, 9.17) is 10.6 Å². The summed E-state index contributed by atoms with van der Waals surface area (Å²) in [6.07, 6.45) is 2.19. The van der Waals surface area contributed by atoms with Crippen molar-refractivity contribution in [3.05, 3.63) is 69.5 Å². The molecule has 5 rings (SSSR count). The average Bonchev–Trinajstić information content (AvgIpc) is 2.89. The van der Waals surface area contributed by atoms with Crippen LogP contribution >= 0.6 is 0 Å². The van der Waals surface area contributed by atoms with Crippen LogP contribution in [0, 0.1) is 11.8 Å². The number of amides is 1. The van der Waals surface area contributed by atoms with E-state index in [1.54, 1.807) is 12.3 Å². The molecular weight excluding hydrogens is 504 g/mol. The highest BCUT2D eigenvalue weighted by Crippen LogP contribution is 2.53. The summed E-state index contributed by atoms with van der Waals surface area (Å²) in [4.78, 5) is 42.9. The van der Waals surface area contributed by atoms with Gasteiger partial charge in [0, 0.05) is 17.9 Å². The molecule has 0 spiro atoms. The smallest absolute Gasteiger partial charge is 0.255 e. The highest BCUT2D eigenvalue weighted by atomic mass is 16.6. The largest absolute Gasteiger partial charge is 0.508 e. The number of fused-ring (bicyclic) bond motifs is 3. The Morgan fingerprint density at radius 2 is 1.90 bits per heavy atom. The number of benzene rings is 2. The van der Waals surface area contributed by atoms with Crippen LogP contribution in [-0.2, 0) is 32.1 Å². The number of carbonyl (C=O) groups is 3. The lowest BCUT2D eigenvalue weighted by atomic mass is 9.59. The van der Waals surface area contributed by atoms with Crippen LogP contribution in [-0.4, -0.2) is 56.8 Å². The lowest BCUT2D eigenvalue weighted by Gasteiger charge is -2.46. The molecule has 0 radical (unpaired) electrons. The van der Waals surface area contributed by atoms with Crippen molar-refractivity contribution in [1.29, 1.82) is 0 Å². The van der Waals surface area contributed by atoms with Crippen molar-refractivity contribution in [2.24, 2.45) is 22.7 Å². The Labute approximate surface area is 223 Å². The van der Waals surface area contributed by atoms with Crippen molar-refractivity contribution in [3.63, 3.8) is 0 Å². The van der Waals surface area contributed by atoms with Gasteiger partial charge in [-0.25, -0.2) is 0 Å². The number of aliphatic hydroxyl groups excluding tert-OH is 2. The van der Waals surface area contributed by atoms with Crippen molar-refractivity contribution >= 4 is 29.4 Å². The highest BCUT2D eigenvalue weighted by molar-refractivity contribution is 6.22. The summed E-state index contributed by atoms with van der Waals surface area (Å²) in [5.41, 5.74) is 5.69. The van der Waals surface area contributed by atoms with Crippen molar-refractivity contribution in [3.8, 4) is 16.9 Å². The van der Waals surface area contributed by atoms with Crippen LogP contribution in [0.3, 0.4) is 0 Å². The molecule has 1 amide bonds. The van der Waals surface area contributed by atoms with Gasteiger partial charge in [-0.1, -0.05) is 30.3 Å². The van der Waals surface area contributed by atoms with Gasteiger partial charge in [-0.3, -0.25) is 14.4 Å². The monoisotopic (exact) mass is 532 g/mol. The lowest BCUT2D eigenvalue weighted by Crippen LogP contribution is -2.58. The lowest BCUT2D eigenvalue weighted by molar-refractivity contribution is -0.147. The van der Waals surface area contributed by atoms with Gasteiger partial charge >= 0.3 is 0 Å². The van der Waals surface area contributed by atoms with Crippen molar-refractivity contribution in [2.75, 3.05) is 7.11 Å². The molecule has 0 heterocycles. The number of carbonyl (C=O) groups excluding carboxylic acids is 3. The number of aliphatic hydroxyl groups is 3. The van der Waals surface area contributed by atoms with Gasteiger partial charge in [0.15, 0.2) is 11.4 Å². The highest BCUT2D eigenvalue weighted by Gasteiger charge is 2.60. The first kappa shape index (κ1) is 26.2. The fourth-order valence-corrected chi connectivity index (χ4v) is 6.22. The number of phenolic OH excluding ortho intramolecular Hbond substituents is 1. The van der Waals surface area contributed by atoms with Crippen LogP contribution in [0.4, 0.5) is 0 Å². The molecule has 2 aromatic rings. The summed E-state index contributed by atoms with van der Waals surface area (Å²) in [6.45, 7) is 2.01. The summed E-state index contributed by atoms with van der Waals surface area (Å²) >= 11 is 0. The second-order valence-electron chi connectivity index (χ2n) is 10.1. The first-order valence-corrected chi connectivity index (χ1v) is 12.6. The van der Waals surface area contributed by atoms with E-state index < -0.39 is 52.0 Å². The first-order valence-electron chi connectivity index (χ1n) is 12.6. The molecule has 0 aromatic heterocycles. The molecule has 3 atom stereocenters. The molecule has 3 aliphatic rings. The standard InChI is InChI=1S/C29H28N2O8/c1-3-14-5-4-13(12-31-39-2)8-18(14)17-6-7-20(32)23-19(17)10-15-9-16-11-21(33)24(28(30)37)27(36)29(16,38)26(35)22(15)25(23)34/h4-8,12,15-16,32,34,36,38H,3,9-11H2,1-2H3,(H2,30,37)/b31-12+/t15-,16+,29+/m1/s1. The van der Waals surface area contributed by atoms with Crippen LogP contribution in [0.5, 0.6) is 5.75 Å². The van der Waals surface area contributed by atoms with Crippen molar-refractivity contribution in [2.45, 2.75) is 38.2 Å². The number of hydrogen-bond acceptors (Lipinski definition) is 9. The van der Waals surface area contributed by atoms with E-state index in [9.17, 15) is 34.8 Å². The van der Waals surface area contributed by atoms with Crippen LogP contribution in [0.15, 0.2) is 52.4 Å². The number of Topliss-reactive ketones (excluding diaryl/α,β-unsaturated/α-hetero) is 2.